The number of nitrogens with zero attached hydrogens (tertiary/aromatic N) is 3. The first-order valence-electron chi connectivity index (χ1n) is 10.4. The smallest absolute Gasteiger partial charge is 0.270 e. The predicted octanol–water partition coefficient (Wildman–Crippen LogP) is 3.36. The Kier molecular flexibility index (Phi) is 5.51. The van der Waals surface area contributed by atoms with Gasteiger partial charge in [-0.05, 0) is 67.9 Å². The summed E-state index contributed by atoms with van der Waals surface area (Å²) in [5.41, 5.74) is 2.78. The average Bonchev–Trinajstić information content (AvgIpc) is 3.37. The average molecular weight is 380 g/mol. The molecule has 3 heterocycles. The quantitative estimate of drug-likeness (QED) is 0.818. The molecule has 1 aromatic heterocycles. The van der Waals surface area contributed by atoms with Crippen LogP contribution in [0.5, 0.6) is 0 Å². The fraction of sp³-hybridized carbons (Fsp3) is 0.478. The maximum Gasteiger partial charge on any atom is 0.270 e. The van der Waals surface area contributed by atoms with E-state index in [4.69, 9.17) is 0 Å². The summed E-state index contributed by atoms with van der Waals surface area (Å²) < 4.78 is 1.88. The number of rotatable bonds is 4. The van der Waals surface area contributed by atoms with Crippen LogP contribution in [0.1, 0.15) is 52.1 Å². The third-order valence-corrected chi connectivity index (χ3v) is 6.10. The van der Waals surface area contributed by atoms with E-state index in [0.29, 0.717) is 5.92 Å². The number of carbonyl (C=O) groups excluding carboxylic acids is 2. The number of piperidine rings is 1. The van der Waals surface area contributed by atoms with Crippen LogP contribution in [0.4, 0.5) is 0 Å². The molecule has 1 atom stereocenters. The number of carbonyl (C=O) groups is 2. The molecule has 0 bridgehead atoms. The van der Waals surface area contributed by atoms with Gasteiger partial charge in [-0.2, -0.15) is 0 Å². The Morgan fingerprint density at radius 1 is 0.929 bits per heavy atom. The van der Waals surface area contributed by atoms with E-state index >= 15 is 0 Å². The molecular weight excluding hydrogens is 350 g/mol. The molecule has 0 aliphatic carbocycles. The van der Waals surface area contributed by atoms with Crippen LogP contribution in [0.15, 0.2) is 42.6 Å². The molecule has 148 valence electrons. The normalized spacial score (nSPS) is 19.8. The molecule has 2 fully saturated rings. The van der Waals surface area contributed by atoms with Gasteiger partial charge in [0.2, 0.25) is 0 Å². The first-order chi connectivity index (χ1) is 13.6. The second-order valence-corrected chi connectivity index (χ2v) is 8.16. The monoisotopic (exact) mass is 379 g/mol. The fourth-order valence-corrected chi connectivity index (χ4v) is 4.43. The molecule has 0 saturated carbocycles. The molecule has 0 N–H and O–H groups in total. The van der Waals surface area contributed by atoms with Crippen molar-refractivity contribution in [2.45, 2.75) is 32.1 Å². The van der Waals surface area contributed by atoms with Gasteiger partial charge < -0.3 is 14.4 Å². The van der Waals surface area contributed by atoms with Crippen LogP contribution in [0.3, 0.4) is 0 Å². The van der Waals surface area contributed by atoms with E-state index < -0.39 is 0 Å². The van der Waals surface area contributed by atoms with Gasteiger partial charge in [-0.15, -0.1) is 0 Å². The second kappa shape index (κ2) is 8.21. The zero-order valence-corrected chi connectivity index (χ0v) is 16.6. The lowest BCUT2D eigenvalue weighted by Crippen LogP contribution is -2.35. The van der Waals surface area contributed by atoms with Crippen molar-refractivity contribution in [1.29, 1.82) is 0 Å². The minimum absolute atomic E-state index is 0.123. The first-order valence-corrected chi connectivity index (χ1v) is 10.4. The standard InChI is InChI=1S/C23H29N3O2/c1-24-12-5-6-21(24)23(28)26-15-11-19(17-26)16-18-7-9-20(10-8-18)22(27)25-13-3-2-4-14-25/h5-10,12,19H,2-4,11,13-17H2,1H3. The van der Waals surface area contributed by atoms with Crippen LogP contribution in [0.2, 0.25) is 0 Å². The van der Waals surface area contributed by atoms with Gasteiger partial charge in [0.25, 0.3) is 11.8 Å². The van der Waals surface area contributed by atoms with Crippen LogP contribution >= 0.6 is 0 Å². The van der Waals surface area contributed by atoms with Gasteiger partial charge in [-0.3, -0.25) is 9.59 Å². The largest absolute Gasteiger partial charge is 0.347 e. The van der Waals surface area contributed by atoms with Crippen LogP contribution in [-0.2, 0) is 13.5 Å². The van der Waals surface area contributed by atoms with Gasteiger partial charge in [0.05, 0.1) is 0 Å². The second-order valence-electron chi connectivity index (χ2n) is 8.16. The van der Waals surface area contributed by atoms with E-state index in [1.807, 2.05) is 51.9 Å². The molecule has 28 heavy (non-hydrogen) atoms. The summed E-state index contributed by atoms with van der Waals surface area (Å²) in [5.74, 6) is 0.761. The third kappa shape index (κ3) is 3.98. The lowest BCUT2D eigenvalue weighted by Gasteiger charge is -2.26. The Balaban J connectivity index is 1.33. The fourth-order valence-electron chi connectivity index (χ4n) is 4.43. The number of hydrogen-bond acceptors (Lipinski definition) is 2. The third-order valence-electron chi connectivity index (χ3n) is 6.10. The molecule has 2 aliphatic rings. The van der Waals surface area contributed by atoms with E-state index in [0.717, 1.165) is 63.1 Å². The van der Waals surface area contributed by atoms with Crippen molar-refractivity contribution in [3.8, 4) is 0 Å². The zero-order chi connectivity index (χ0) is 19.5. The Morgan fingerprint density at radius 3 is 2.36 bits per heavy atom. The highest BCUT2D eigenvalue weighted by Crippen LogP contribution is 2.23. The van der Waals surface area contributed by atoms with Gasteiger partial charge in [0, 0.05) is 45.0 Å². The number of hydrogen-bond donors (Lipinski definition) is 0. The summed E-state index contributed by atoms with van der Waals surface area (Å²) in [4.78, 5) is 29.2. The molecule has 1 unspecified atom stereocenters. The Morgan fingerprint density at radius 2 is 1.68 bits per heavy atom. The predicted molar refractivity (Wildman–Crippen MR) is 109 cm³/mol. The summed E-state index contributed by atoms with van der Waals surface area (Å²) in [6.07, 6.45) is 7.36. The Hall–Kier alpha value is -2.56. The summed E-state index contributed by atoms with van der Waals surface area (Å²) >= 11 is 0. The first kappa shape index (κ1) is 18.8. The molecular formula is C23H29N3O2. The minimum Gasteiger partial charge on any atom is -0.347 e. The van der Waals surface area contributed by atoms with Gasteiger partial charge in [0.1, 0.15) is 5.69 Å². The van der Waals surface area contributed by atoms with Crippen molar-refractivity contribution in [2.75, 3.05) is 26.2 Å². The summed E-state index contributed by atoms with van der Waals surface area (Å²) in [7, 11) is 1.91. The van der Waals surface area contributed by atoms with Crippen LogP contribution < -0.4 is 0 Å². The van der Waals surface area contributed by atoms with Crippen molar-refractivity contribution < 1.29 is 9.59 Å². The van der Waals surface area contributed by atoms with Gasteiger partial charge in [-0.1, -0.05) is 12.1 Å². The molecule has 4 rings (SSSR count). The van der Waals surface area contributed by atoms with E-state index in [1.165, 1.54) is 12.0 Å². The van der Waals surface area contributed by atoms with Gasteiger partial charge >= 0.3 is 0 Å². The molecule has 2 aliphatic heterocycles. The SMILES string of the molecule is Cn1cccc1C(=O)N1CCC(Cc2ccc(C(=O)N3CCCCC3)cc2)C1. The van der Waals surface area contributed by atoms with E-state index in [2.05, 4.69) is 12.1 Å². The van der Waals surface area contributed by atoms with E-state index in [9.17, 15) is 9.59 Å². The molecule has 0 spiro atoms. The summed E-state index contributed by atoms with van der Waals surface area (Å²) in [6, 6.07) is 11.9. The van der Waals surface area contributed by atoms with Crippen molar-refractivity contribution in [3.05, 3.63) is 59.4 Å². The lowest BCUT2D eigenvalue weighted by atomic mass is 9.97. The van der Waals surface area contributed by atoms with Gasteiger partial charge in [-0.25, -0.2) is 0 Å². The van der Waals surface area contributed by atoms with Crippen molar-refractivity contribution >= 4 is 11.8 Å². The van der Waals surface area contributed by atoms with Crippen LogP contribution in [-0.4, -0.2) is 52.4 Å². The molecule has 5 heteroatoms. The number of likely N-dealkylation sites (tertiary alicyclic amines) is 2. The molecule has 2 saturated heterocycles. The highest BCUT2D eigenvalue weighted by molar-refractivity contribution is 5.94. The molecule has 1 aromatic carbocycles. The minimum atomic E-state index is 0.123. The lowest BCUT2D eigenvalue weighted by molar-refractivity contribution is 0.0723. The molecule has 2 amide bonds. The van der Waals surface area contributed by atoms with E-state index in [1.54, 1.807) is 0 Å². The maximum atomic E-state index is 12.7. The zero-order valence-electron chi connectivity index (χ0n) is 16.6. The van der Waals surface area contributed by atoms with Crippen molar-refractivity contribution in [1.82, 2.24) is 14.4 Å². The van der Waals surface area contributed by atoms with Gasteiger partial charge in [0.15, 0.2) is 0 Å². The highest BCUT2D eigenvalue weighted by Gasteiger charge is 2.28. The molecule has 5 nitrogen and oxygen atoms in total. The maximum absolute atomic E-state index is 12.7. The van der Waals surface area contributed by atoms with Crippen LogP contribution in [0, 0.1) is 5.92 Å². The van der Waals surface area contributed by atoms with E-state index in [-0.39, 0.29) is 11.8 Å². The summed E-state index contributed by atoms with van der Waals surface area (Å²) in [5, 5.41) is 0. The topological polar surface area (TPSA) is 45.6 Å². The highest BCUT2D eigenvalue weighted by atomic mass is 16.2. The van der Waals surface area contributed by atoms with Crippen LogP contribution in [0.25, 0.3) is 0 Å². The Labute approximate surface area is 166 Å². The van der Waals surface area contributed by atoms with Crippen molar-refractivity contribution in [2.24, 2.45) is 13.0 Å². The molecule has 0 radical (unpaired) electrons. The Bertz CT molecular complexity index is 834. The van der Waals surface area contributed by atoms with Crippen molar-refractivity contribution in [3.63, 3.8) is 0 Å². The number of aromatic nitrogens is 1. The molecule has 2 aromatic rings. The summed E-state index contributed by atoms with van der Waals surface area (Å²) in [6.45, 7) is 3.39. The number of amides is 2. The number of benzene rings is 1. The number of aryl methyl sites for hydroxylation is 1.